The lowest BCUT2D eigenvalue weighted by atomic mass is 9.93. The van der Waals surface area contributed by atoms with Crippen molar-refractivity contribution in [3.63, 3.8) is 0 Å². The molecule has 0 radical (unpaired) electrons. The van der Waals surface area contributed by atoms with E-state index >= 15 is 0 Å². The summed E-state index contributed by atoms with van der Waals surface area (Å²) >= 11 is 0. The highest BCUT2D eigenvalue weighted by Gasteiger charge is 2.48. The van der Waals surface area contributed by atoms with Crippen molar-refractivity contribution in [1.82, 2.24) is 4.72 Å². The maximum Gasteiger partial charge on any atom is 0.370 e. The standard InChI is InChI=1S/C16H22N4O11S/c1-7(21)28-6-12(29-8(2)22)14(30-9(3)23)15-13(19-32(4,26)27)10(18-20-17)5-11(31-15)16(24)25/h5,10,12-15,19H,6H2,1-4H3,(H,24,25)/t10-,12+,13+,14+,15+/m0/s1. The third kappa shape index (κ3) is 8.41. The van der Waals surface area contributed by atoms with Gasteiger partial charge in [-0.05, 0) is 11.6 Å². The maximum atomic E-state index is 11.9. The van der Waals surface area contributed by atoms with Crippen LogP contribution in [0, 0.1) is 0 Å². The average molecular weight is 478 g/mol. The molecule has 5 atom stereocenters. The Hall–Kier alpha value is -3.36. The molecular weight excluding hydrogens is 456 g/mol. The molecule has 32 heavy (non-hydrogen) atoms. The van der Waals surface area contributed by atoms with Gasteiger partial charge in [0, 0.05) is 25.7 Å². The predicted molar refractivity (Wildman–Crippen MR) is 103 cm³/mol. The molecule has 1 aliphatic heterocycles. The molecule has 0 aliphatic carbocycles. The van der Waals surface area contributed by atoms with Gasteiger partial charge in [0.1, 0.15) is 6.61 Å². The van der Waals surface area contributed by atoms with E-state index in [0.29, 0.717) is 0 Å². The first kappa shape index (κ1) is 26.7. The number of carbonyl (C=O) groups is 4. The highest BCUT2D eigenvalue weighted by Crippen LogP contribution is 2.28. The van der Waals surface area contributed by atoms with Gasteiger partial charge >= 0.3 is 23.9 Å². The minimum absolute atomic E-state index is 0.642. The average Bonchev–Trinajstić information content (AvgIpc) is 2.63. The quantitative estimate of drug-likeness (QED) is 0.132. The number of hydrogen-bond donors (Lipinski definition) is 2. The van der Waals surface area contributed by atoms with Gasteiger partial charge < -0.3 is 24.1 Å². The largest absolute Gasteiger partial charge is 0.478 e. The van der Waals surface area contributed by atoms with Crippen molar-refractivity contribution in [3.05, 3.63) is 22.3 Å². The van der Waals surface area contributed by atoms with Crippen LogP contribution in [0.5, 0.6) is 0 Å². The number of carboxylic acids is 1. The number of carbonyl (C=O) groups excluding carboxylic acids is 3. The summed E-state index contributed by atoms with van der Waals surface area (Å²) in [5, 5.41) is 12.7. The first-order chi connectivity index (χ1) is 14.7. The van der Waals surface area contributed by atoms with Crippen LogP contribution >= 0.6 is 0 Å². The molecule has 0 saturated carbocycles. The fraction of sp³-hybridized carbons (Fsp3) is 0.625. The van der Waals surface area contributed by atoms with Gasteiger partial charge in [-0.1, -0.05) is 5.11 Å². The number of rotatable bonds is 10. The molecule has 0 aromatic rings. The van der Waals surface area contributed by atoms with Crippen LogP contribution in [0.15, 0.2) is 16.9 Å². The van der Waals surface area contributed by atoms with Crippen molar-refractivity contribution in [2.45, 2.75) is 51.2 Å². The van der Waals surface area contributed by atoms with E-state index in [-0.39, 0.29) is 0 Å². The maximum absolute atomic E-state index is 11.9. The normalized spacial score (nSPS) is 22.1. The fourth-order valence-electron chi connectivity index (χ4n) is 2.81. The summed E-state index contributed by atoms with van der Waals surface area (Å²) in [5.41, 5.74) is 8.85. The number of nitrogens with one attached hydrogen (secondary N) is 1. The molecule has 0 saturated heterocycles. The number of carboxylic acid groups (broad SMARTS) is 1. The van der Waals surface area contributed by atoms with E-state index in [2.05, 4.69) is 14.7 Å². The molecular formula is C16H22N4O11S. The molecule has 0 bridgehead atoms. The summed E-state index contributed by atoms with van der Waals surface area (Å²) in [5.74, 6) is -4.95. The van der Waals surface area contributed by atoms with E-state index < -0.39 is 76.7 Å². The van der Waals surface area contributed by atoms with E-state index in [4.69, 9.17) is 24.5 Å². The summed E-state index contributed by atoms with van der Waals surface area (Å²) in [7, 11) is -4.01. The highest BCUT2D eigenvalue weighted by molar-refractivity contribution is 7.88. The molecule has 16 heteroatoms. The van der Waals surface area contributed by atoms with E-state index in [1.54, 1.807) is 0 Å². The number of esters is 3. The van der Waals surface area contributed by atoms with Crippen molar-refractivity contribution < 1.29 is 51.6 Å². The number of nitrogens with zero attached hydrogens (tertiary/aromatic N) is 3. The van der Waals surface area contributed by atoms with Crippen LogP contribution in [0.1, 0.15) is 20.8 Å². The monoisotopic (exact) mass is 478 g/mol. The second-order valence-electron chi connectivity index (χ2n) is 6.55. The molecule has 0 fully saturated rings. The van der Waals surface area contributed by atoms with E-state index in [1.165, 1.54) is 0 Å². The number of aliphatic carboxylic acids is 1. The Morgan fingerprint density at radius 3 is 2.25 bits per heavy atom. The van der Waals surface area contributed by atoms with Gasteiger partial charge in [-0.2, -0.15) is 0 Å². The zero-order valence-corrected chi connectivity index (χ0v) is 18.3. The third-order valence-corrected chi connectivity index (χ3v) is 4.51. The van der Waals surface area contributed by atoms with Gasteiger partial charge in [0.2, 0.25) is 15.8 Å². The van der Waals surface area contributed by atoms with Crippen LogP contribution in [-0.4, -0.2) is 80.7 Å². The van der Waals surface area contributed by atoms with Crippen LogP contribution < -0.4 is 4.72 Å². The third-order valence-electron chi connectivity index (χ3n) is 3.81. The molecule has 1 heterocycles. The summed E-state index contributed by atoms with van der Waals surface area (Å²) in [6.07, 6.45) is -3.26. The molecule has 1 rings (SSSR count). The van der Waals surface area contributed by atoms with Crippen LogP contribution in [-0.2, 0) is 48.1 Å². The Morgan fingerprint density at radius 2 is 1.81 bits per heavy atom. The topological polar surface area (TPSA) is 220 Å². The minimum atomic E-state index is -4.01. The molecule has 0 amide bonds. The lowest BCUT2D eigenvalue weighted by molar-refractivity contribution is -0.187. The van der Waals surface area contributed by atoms with E-state index in [9.17, 15) is 32.7 Å². The highest BCUT2D eigenvalue weighted by atomic mass is 32.2. The Kier molecular flexibility index (Phi) is 9.43. The molecule has 1 aliphatic rings. The van der Waals surface area contributed by atoms with Crippen LogP contribution in [0.25, 0.3) is 10.4 Å². The molecule has 0 aromatic heterocycles. The first-order valence-electron chi connectivity index (χ1n) is 8.86. The molecule has 0 aromatic carbocycles. The Bertz CT molecular complexity index is 942. The molecule has 178 valence electrons. The zero-order valence-electron chi connectivity index (χ0n) is 17.5. The SMILES string of the molecule is CC(=O)OC[C@@H](OC(C)=O)[C@@H](OC(C)=O)[C@@H]1OC(C(=O)O)=C[C@H](N=[N+]=[N-])[C@H]1NS(C)(=O)=O. The Labute approximate surface area is 182 Å². The van der Waals surface area contributed by atoms with E-state index in [1.807, 2.05) is 0 Å². The molecule has 0 spiro atoms. The number of sulfonamides is 1. The van der Waals surface area contributed by atoms with Crippen LogP contribution in [0.4, 0.5) is 0 Å². The van der Waals surface area contributed by atoms with Crippen molar-refractivity contribution in [2.75, 3.05) is 12.9 Å². The summed E-state index contributed by atoms with van der Waals surface area (Å²) < 4.78 is 46.4. The van der Waals surface area contributed by atoms with Gasteiger partial charge in [-0.25, -0.2) is 17.9 Å². The van der Waals surface area contributed by atoms with Gasteiger partial charge in [0.25, 0.3) is 0 Å². The smallest absolute Gasteiger partial charge is 0.370 e. The van der Waals surface area contributed by atoms with Gasteiger partial charge in [0.05, 0.1) is 18.3 Å². The summed E-state index contributed by atoms with van der Waals surface area (Å²) in [6.45, 7) is 2.39. The van der Waals surface area contributed by atoms with Gasteiger partial charge in [0.15, 0.2) is 18.3 Å². The van der Waals surface area contributed by atoms with Crippen molar-refractivity contribution in [1.29, 1.82) is 0 Å². The Balaban J connectivity index is 3.62. The van der Waals surface area contributed by atoms with Crippen molar-refractivity contribution >= 4 is 33.9 Å². The Morgan fingerprint density at radius 1 is 1.22 bits per heavy atom. The molecule has 2 N–H and O–H groups in total. The second kappa shape index (κ2) is 11.3. The summed E-state index contributed by atoms with van der Waals surface area (Å²) in [6, 6.07) is -2.94. The zero-order chi connectivity index (χ0) is 24.6. The number of ether oxygens (including phenoxy) is 4. The van der Waals surface area contributed by atoms with Gasteiger partial charge in [-0.3, -0.25) is 14.4 Å². The van der Waals surface area contributed by atoms with Crippen LogP contribution in [0.3, 0.4) is 0 Å². The predicted octanol–water partition coefficient (Wildman–Crippen LogP) is -0.623. The minimum Gasteiger partial charge on any atom is -0.478 e. The van der Waals surface area contributed by atoms with Crippen molar-refractivity contribution in [3.8, 4) is 0 Å². The summed E-state index contributed by atoms with van der Waals surface area (Å²) in [4.78, 5) is 48.7. The number of azide groups is 1. The molecule has 0 unspecified atom stereocenters. The van der Waals surface area contributed by atoms with E-state index in [0.717, 1.165) is 33.1 Å². The first-order valence-corrected chi connectivity index (χ1v) is 10.7. The lowest BCUT2D eigenvalue weighted by Crippen LogP contribution is -2.61. The van der Waals surface area contributed by atoms with Gasteiger partial charge in [-0.15, -0.1) is 0 Å². The van der Waals surface area contributed by atoms with Crippen LogP contribution in [0.2, 0.25) is 0 Å². The lowest BCUT2D eigenvalue weighted by Gasteiger charge is -2.40. The van der Waals surface area contributed by atoms with Crippen molar-refractivity contribution in [2.24, 2.45) is 5.11 Å². The molecule has 15 nitrogen and oxygen atoms in total. The number of hydrogen-bond acceptors (Lipinski definition) is 11. The second-order valence-corrected chi connectivity index (χ2v) is 8.33. The fourth-order valence-corrected chi connectivity index (χ4v) is 3.58.